The van der Waals surface area contributed by atoms with E-state index in [1.807, 2.05) is 25.1 Å². The van der Waals surface area contributed by atoms with Crippen molar-refractivity contribution in [3.05, 3.63) is 29.3 Å². The molecule has 0 spiro atoms. The summed E-state index contributed by atoms with van der Waals surface area (Å²) in [7, 11) is 0. The predicted octanol–water partition coefficient (Wildman–Crippen LogP) is 1.47. The third-order valence-corrected chi connectivity index (χ3v) is 2.26. The number of ether oxygens (including phenoxy) is 1. The molecule has 0 heterocycles. The zero-order valence-electron chi connectivity index (χ0n) is 9.20. The third kappa shape index (κ3) is 3.53. The summed E-state index contributed by atoms with van der Waals surface area (Å²) in [6, 6.07) is 5.93. The Bertz CT molecular complexity index is 300. The van der Waals surface area contributed by atoms with Gasteiger partial charge in [0.2, 0.25) is 0 Å². The van der Waals surface area contributed by atoms with Crippen molar-refractivity contribution in [3.8, 4) is 5.75 Å². The van der Waals surface area contributed by atoms with Crippen LogP contribution in [0.1, 0.15) is 24.5 Å². The standard InChI is InChI=1S/C12H19NO2/c1-2-15-12-6-5-10(4-3-7-13)8-11(12)9-14/h5-6,8,14H,2-4,7,9,13H2,1H3. The van der Waals surface area contributed by atoms with Gasteiger partial charge in [0.25, 0.3) is 0 Å². The van der Waals surface area contributed by atoms with Gasteiger partial charge in [-0.3, -0.25) is 0 Å². The van der Waals surface area contributed by atoms with E-state index in [4.69, 9.17) is 10.5 Å². The lowest BCUT2D eigenvalue weighted by Gasteiger charge is -2.10. The van der Waals surface area contributed by atoms with Crippen LogP contribution in [-0.2, 0) is 13.0 Å². The molecule has 15 heavy (non-hydrogen) atoms. The molecule has 1 aromatic rings. The molecule has 0 saturated carbocycles. The normalized spacial score (nSPS) is 10.3. The van der Waals surface area contributed by atoms with Crippen molar-refractivity contribution in [1.29, 1.82) is 0 Å². The molecule has 0 amide bonds. The van der Waals surface area contributed by atoms with E-state index in [1.165, 1.54) is 5.56 Å². The van der Waals surface area contributed by atoms with Gasteiger partial charge in [0.1, 0.15) is 5.75 Å². The fourth-order valence-corrected chi connectivity index (χ4v) is 1.51. The monoisotopic (exact) mass is 209 g/mol. The number of hydrogen-bond donors (Lipinski definition) is 2. The number of rotatable bonds is 6. The van der Waals surface area contributed by atoms with Crippen LogP contribution in [0.4, 0.5) is 0 Å². The van der Waals surface area contributed by atoms with Crippen molar-refractivity contribution in [2.24, 2.45) is 5.73 Å². The van der Waals surface area contributed by atoms with Gasteiger partial charge in [-0.05, 0) is 44.0 Å². The molecular formula is C12H19NO2. The Hall–Kier alpha value is -1.06. The van der Waals surface area contributed by atoms with Crippen LogP contribution < -0.4 is 10.5 Å². The maximum absolute atomic E-state index is 9.19. The molecule has 0 saturated heterocycles. The topological polar surface area (TPSA) is 55.5 Å². The largest absolute Gasteiger partial charge is 0.494 e. The van der Waals surface area contributed by atoms with Gasteiger partial charge in [0, 0.05) is 5.56 Å². The van der Waals surface area contributed by atoms with Gasteiger partial charge >= 0.3 is 0 Å². The van der Waals surface area contributed by atoms with E-state index in [0.717, 1.165) is 24.2 Å². The molecule has 3 nitrogen and oxygen atoms in total. The van der Waals surface area contributed by atoms with Gasteiger partial charge in [0.05, 0.1) is 13.2 Å². The zero-order chi connectivity index (χ0) is 11.1. The summed E-state index contributed by atoms with van der Waals surface area (Å²) in [5, 5.41) is 9.19. The maximum atomic E-state index is 9.19. The Morgan fingerprint density at radius 2 is 2.20 bits per heavy atom. The highest BCUT2D eigenvalue weighted by atomic mass is 16.5. The summed E-state index contributed by atoms with van der Waals surface area (Å²) >= 11 is 0. The van der Waals surface area contributed by atoms with E-state index >= 15 is 0 Å². The lowest BCUT2D eigenvalue weighted by atomic mass is 10.1. The molecule has 0 aliphatic carbocycles. The third-order valence-electron chi connectivity index (χ3n) is 2.26. The molecule has 1 aromatic carbocycles. The maximum Gasteiger partial charge on any atom is 0.124 e. The second kappa shape index (κ2) is 6.43. The first kappa shape index (κ1) is 12.0. The molecule has 0 fully saturated rings. The van der Waals surface area contributed by atoms with Crippen LogP contribution in [0.15, 0.2) is 18.2 Å². The van der Waals surface area contributed by atoms with E-state index in [2.05, 4.69) is 0 Å². The van der Waals surface area contributed by atoms with Gasteiger partial charge in [0.15, 0.2) is 0 Å². The predicted molar refractivity (Wildman–Crippen MR) is 60.9 cm³/mol. The highest BCUT2D eigenvalue weighted by Gasteiger charge is 2.03. The summed E-state index contributed by atoms with van der Waals surface area (Å²) in [5.41, 5.74) is 7.51. The first-order chi connectivity index (χ1) is 7.31. The second-order valence-corrected chi connectivity index (χ2v) is 3.43. The van der Waals surface area contributed by atoms with Crippen LogP contribution in [0.3, 0.4) is 0 Å². The van der Waals surface area contributed by atoms with Crippen molar-refractivity contribution < 1.29 is 9.84 Å². The molecule has 0 radical (unpaired) electrons. The number of aliphatic hydroxyl groups excluding tert-OH is 1. The number of aliphatic hydroxyl groups is 1. The molecular weight excluding hydrogens is 190 g/mol. The van der Waals surface area contributed by atoms with E-state index in [1.54, 1.807) is 0 Å². The Labute approximate surface area is 90.9 Å². The van der Waals surface area contributed by atoms with Crippen molar-refractivity contribution in [1.82, 2.24) is 0 Å². The summed E-state index contributed by atoms with van der Waals surface area (Å²) in [6.45, 7) is 3.27. The molecule has 3 heteroatoms. The quantitative estimate of drug-likeness (QED) is 0.746. The van der Waals surface area contributed by atoms with Gasteiger partial charge in [-0.2, -0.15) is 0 Å². The minimum Gasteiger partial charge on any atom is -0.494 e. The minimum atomic E-state index is 0.0196. The molecule has 1 rings (SSSR count). The number of aryl methyl sites for hydroxylation is 1. The summed E-state index contributed by atoms with van der Waals surface area (Å²) in [4.78, 5) is 0. The lowest BCUT2D eigenvalue weighted by molar-refractivity contribution is 0.267. The van der Waals surface area contributed by atoms with Crippen LogP contribution >= 0.6 is 0 Å². The average molecular weight is 209 g/mol. The first-order valence-electron chi connectivity index (χ1n) is 5.37. The van der Waals surface area contributed by atoms with Gasteiger partial charge in [-0.25, -0.2) is 0 Å². The molecule has 3 N–H and O–H groups in total. The molecule has 0 unspecified atom stereocenters. The van der Waals surface area contributed by atoms with Crippen LogP contribution in [0, 0.1) is 0 Å². The van der Waals surface area contributed by atoms with Crippen LogP contribution in [0.2, 0.25) is 0 Å². The smallest absolute Gasteiger partial charge is 0.124 e. The van der Waals surface area contributed by atoms with E-state index in [9.17, 15) is 5.11 Å². The number of hydrogen-bond acceptors (Lipinski definition) is 3. The SMILES string of the molecule is CCOc1ccc(CCCN)cc1CO. The zero-order valence-corrected chi connectivity index (χ0v) is 9.20. The highest BCUT2D eigenvalue weighted by molar-refractivity contribution is 5.37. The van der Waals surface area contributed by atoms with Crippen molar-refractivity contribution in [3.63, 3.8) is 0 Å². The van der Waals surface area contributed by atoms with Crippen LogP contribution in [0.5, 0.6) is 5.75 Å². The number of nitrogens with two attached hydrogens (primary N) is 1. The molecule has 0 bridgehead atoms. The van der Waals surface area contributed by atoms with E-state index in [0.29, 0.717) is 13.2 Å². The van der Waals surface area contributed by atoms with Crippen molar-refractivity contribution in [2.75, 3.05) is 13.2 Å². The molecule has 0 aliphatic rings. The van der Waals surface area contributed by atoms with Crippen LogP contribution in [-0.4, -0.2) is 18.3 Å². The van der Waals surface area contributed by atoms with Crippen molar-refractivity contribution in [2.45, 2.75) is 26.4 Å². The Balaban J connectivity index is 2.77. The fourth-order valence-electron chi connectivity index (χ4n) is 1.51. The summed E-state index contributed by atoms with van der Waals surface area (Å²) in [5.74, 6) is 0.775. The summed E-state index contributed by atoms with van der Waals surface area (Å²) < 4.78 is 5.40. The summed E-state index contributed by atoms with van der Waals surface area (Å²) in [6.07, 6.45) is 1.93. The minimum absolute atomic E-state index is 0.0196. The Morgan fingerprint density at radius 3 is 2.80 bits per heavy atom. The lowest BCUT2D eigenvalue weighted by Crippen LogP contribution is -2.02. The fraction of sp³-hybridized carbons (Fsp3) is 0.500. The van der Waals surface area contributed by atoms with Crippen molar-refractivity contribution >= 4 is 0 Å². The van der Waals surface area contributed by atoms with Gasteiger partial charge in [-0.1, -0.05) is 6.07 Å². The van der Waals surface area contributed by atoms with Crippen LogP contribution in [0.25, 0.3) is 0 Å². The van der Waals surface area contributed by atoms with E-state index in [-0.39, 0.29) is 6.61 Å². The van der Waals surface area contributed by atoms with Gasteiger partial charge < -0.3 is 15.6 Å². The second-order valence-electron chi connectivity index (χ2n) is 3.43. The highest BCUT2D eigenvalue weighted by Crippen LogP contribution is 2.20. The molecule has 0 aromatic heterocycles. The molecule has 0 aliphatic heterocycles. The first-order valence-corrected chi connectivity index (χ1v) is 5.37. The average Bonchev–Trinajstić information content (AvgIpc) is 2.28. The Kier molecular flexibility index (Phi) is 5.15. The number of benzene rings is 1. The molecule has 84 valence electrons. The molecule has 0 atom stereocenters. The van der Waals surface area contributed by atoms with Gasteiger partial charge in [-0.15, -0.1) is 0 Å². The Morgan fingerprint density at radius 1 is 1.40 bits per heavy atom. The van der Waals surface area contributed by atoms with E-state index < -0.39 is 0 Å².